The molecule has 5 nitrogen and oxygen atoms in total. The SMILES string of the molecule is N#CCC(=O)NC1CCS(=O)(=O)CC1. The first-order valence-corrected chi connectivity index (χ1v) is 6.22. The molecule has 1 amide bonds. The molecule has 6 heteroatoms. The summed E-state index contributed by atoms with van der Waals surface area (Å²) in [6.45, 7) is 0. The van der Waals surface area contributed by atoms with Crippen LogP contribution >= 0.6 is 0 Å². The molecule has 1 rings (SSSR count). The number of nitriles is 1. The summed E-state index contributed by atoms with van der Waals surface area (Å²) in [6, 6.07) is 1.66. The molecule has 1 aliphatic rings. The average molecular weight is 216 g/mol. The third kappa shape index (κ3) is 3.34. The van der Waals surface area contributed by atoms with Gasteiger partial charge in [0.15, 0.2) is 0 Å². The minimum Gasteiger partial charge on any atom is -0.352 e. The third-order valence-corrected chi connectivity index (χ3v) is 3.87. The van der Waals surface area contributed by atoms with Crippen molar-refractivity contribution in [1.29, 1.82) is 5.26 Å². The molecule has 0 saturated carbocycles. The van der Waals surface area contributed by atoms with Crippen molar-refractivity contribution in [2.45, 2.75) is 25.3 Å². The van der Waals surface area contributed by atoms with Gasteiger partial charge in [-0.15, -0.1) is 0 Å². The van der Waals surface area contributed by atoms with Crippen molar-refractivity contribution in [3.63, 3.8) is 0 Å². The summed E-state index contributed by atoms with van der Waals surface area (Å²) in [5.41, 5.74) is 0. The van der Waals surface area contributed by atoms with E-state index in [1.807, 2.05) is 0 Å². The fourth-order valence-electron chi connectivity index (χ4n) is 1.38. The number of hydrogen-bond donors (Lipinski definition) is 1. The van der Waals surface area contributed by atoms with Gasteiger partial charge in [-0.05, 0) is 12.8 Å². The third-order valence-electron chi connectivity index (χ3n) is 2.16. The number of carbonyl (C=O) groups is 1. The normalized spacial score (nSPS) is 21.1. The van der Waals surface area contributed by atoms with Gasteiger partial charge in [-0.1, -0.05) is 0 Å². The van der Waals surface area contributed by atoms with Gasteiger partial charge in [-0.3, -0.25) is 4.79 Å². The van der Waals surface area contributed by atoms with E-state index in [4.69, 9.17) is 5.26 Å². The van der Waals surface area contributed by atoms with E-state index in [0.29, 0.717) is 12.8 Å². The van der Waals surface area contributed by atoms with Crippen molar-refractivity contribution in [2.24, 2.45) is 0 Å². The molecule has 0 unspecified atom stereocenters. The molecule has 1 heterocycles. The lowest BCUT2D eigenvalue weighted by Crippen LogP contribution is -2.40. The fourth-order valence-corrected chi connectivity index (χ4v) is 2.88. The van der Waals surface area contributed by atoms with E-state index < -0.39 is 9.84 Å². The molecule has 78 valence electrons. The minimum absolute atomic E-state index is 0.0839. The van der Waals surface area contributed by atoms with Crippen molar-refractivity contribution >= 4 is 15.7 Å². The van der Waals surface area contributed by atoms with Crippen molar-refractivity contribution in [3.8, 4) is 6.07 Å². The molecule has 0 bridgehead atoms. The van der Waals surface area contributed by atoms with E-state index >= 15 is 0 Å². The van der Waals surface area contributed by atoms with Crippen molar-refractivity contribution < 1.29 is 13.2 Å². The Morgan fingerprint density at radius 2 is 2.00 bits per heavy atom. The molecule has 0 spiro atoms. The van der Waals surface area contributed by atoms with Gasteiger partial charge in [-0.25, -0.2) is 8.42 Å². The maximum absolute atomic E-state index is 11.0. The monoisotopic (exact) mass is 216 g/mol. The molecule has 0 atom stereocenters. The number of rotatable bonds is 2. The predicted octanol–water partition coefficient (Wildman–Crippen LogP) is -0.407. The Morgan fingerprint density at radius 3 is 2.50 bits per heavy atom. The highest BCUT2D eigenvalue weighted by Crippen LogP contribution is 2.11. The summed E-state index contributed by atoms with van der Waals surface area (Å²) in [4.78, 5) is 11.0. The van der Waals surface area contributed by atoms with Gasteiger partial charge < -0.3 is 5.32 Å². The molecule has 0 radical (unpaired) electrons. The first-order valence-electron chi connectivity index (χ1n) is 4.40. The van der Waals surface area contributed by atoms with E-state index in [-0.39, 0.29) is 29.9 Å². The standard InChI is InChI=1S/C8H12N2O3S/c9-4-1-8(11)10-7-2-5-14(12,13)6-3-7/h7H,1-3,5-6H2,(H,10,11). The molecule has 0 aromatic rings. The molecule has 0 aromatic heterocycles. The van der Waals surface area contributed by atoms with Gasteiger partial charge in [0.05, 0.1) is 17.6 Å². The van der Waals surface area contributed by atoms with Gasteiger partial charge in [-0.2, -0.15) is 5.26 Å². The number of nitrogens with zero attached hydrogens (tertiary/aromatic N) is 1. The summed E-state index contributed by atoms with van der Waals surface area (Å²) in [6.07, 6.45) is 0.752. The number of amides is 1. The zero-order chi connectivity index (χ0) is 10.6. The van der Waals surface area contributed by atoms with Crippen LogP contribution in [0.5, 0.6) is 0 Å². The number of nitrogens with one attached hydrogen (secondary N) is 1. The maximum Gasteiger partial charge on any atom is 0.234 e. The lowest BCUT2D eigenvalue weighted by Gasteiger charge is -2.22. The second kappa shape index (κ2) is 4.42. The second-order valence-corrected chi connectivity index (χ2v) is 5.63. The van der Waals surface area contributed by atoms with E-state index in [1.165, 1.54) is 0 Å². The van der Waals surface area contributed by atoms with Crippen molar-refractivity contribution in [3.05, 3.63) is 0 Å². The first kappa shape index (κ1) is 11.0. The van der Waals surface area contributed by atoms with Crippen LogP contribution in [-0.4, -0.2) is 31.9 Å². The highest BCUT2D eigenvalue weighted by atomic mass is 32.2. The molecule has 1 N–H and O–H groups in total. The Labute approximate surface area is 83.0 Å². The molecule has 0 aliphatic carbocycles. The average Bonchev–Trinajstić information content (AvgIpc) is 2.09. The van der Waals surface area contributed by atoms with Gasteiger partial charge in [0.25, 0.3) is 0 Å². The van der Waals surface area contributed by atoms with Crippen molar-refractivity contribution in [2.75, 3.05) is 11.5 Å². The Kier molecular flexibility index (Phi) is 3.47. The van der Waals surface area contributed by atoms with Crippen LogP contribution < -0.4 is 5.32 Å². The first-order chi connectivity index (χ1) is 6.53. The van der Waals surface area contributed by atoms with E-state index in [9.17, 15) is 13.2 Å². The van der Waals surface area contributed by atoms with Crippen LogP contribution in [0.15, 0.2) is 0 Å². The molecule has 1 aliphatic heterocycles. The Hall–Kier alpha value is -1.09. The Balaban J connectivity index is 2.37. The minimum atomic E-state index is -2.88. The van der Waals surface area contributed by atoms with Crippen LogP contribution in [0, 0.1) is 11.3 Å². The van der Waals surface area contributed by atoms with E-state index in [1.54, 1.807) is 6.07 Å². The lowest BCUT2D eigenvalue weighted by molar-refractivity contribution is -0.120. The van der Waals surface area contributed by atoms with Crippen LogP contribution in [0.25, 0.3) is 0 Å². The Morgan fingerprint density at radius 1 is 1.43 bits per heavy atom. The zero-order valence-corrected chi connectivity index (χ0v) is 8.51. The maximum atomic E-state index is 11.0. The smallest absolute Gasteiger partial charge is 0.234 e. The topological polar surface area (TPSA) is 87.0 Å². The van der Waals surface area contributed by atoms with E-state index in [2.05, 4.69) is 5.32 Å². The fraction of sp³-hybridized carbons (Fsp3) is 0.750. The number of sulfone groups is 1. The van der Waals surface area contributed by atoms with Crippen LogP contribution in [0.4, 0.5) is 0 Å². The molecular weight excluding hydrogens is 204 g/mol. The van der Waals surface area contributed by atoms with Gasteiger partial charge in [0, 0.05) is 6.04 Å². The van der Waals surface area contributed by atoms with Crippen LogP contribution in [0.1, 0.15) is 19.3 Å². The molecular formula is C8H12N2O3S. The van der Waals surface area contributed by atoms with Gasteiger partial charge in [0.2, 0.25) is 5.91 Å². The summed E-state index contributed by atoms with van der Waals surface area (Å²) < 4.78 is 22.1. The molecule has 1 saturated heterocycles. The van der Waals surface area contributed by atoms with Crippen LogP contribution in [0.3, 0.4) is 0 Å². The quantitative estimate of drug-likeness (QED) is 0.680. The van der Waals surface area contributed by atoms with Crippen LogP contribution in [-0.2, 0) is 14.6 Å². The van der Waals surface area contributed by atoms with Gasteiger partial charge in [0.1, 0.15) is 16.3 Å². The predicted molar refractivity (Wildman–Crippen MR) is 50.0 cm³/mol. The largest absolute Gasteiger partial charge is 0.352 e. The highest BCUT2D eigenvalue weighted by Gasteiger charge is 2.24. The summed E-state index contributed by atoms with van der Waals surface area (Å²) in [7, 11) is -2.88. The number of hydrogen-bond acceptors (Lipinski definition) is 4. The number of carbonyl (C=O) groups excluding carboxylic acids is 1. The van der Waals surface area contributed by atoms with Gasteiger partial charge >= 0.3 is 0 Å². The summed E-state index contributed by atoms with van der Waals surface area (Å²) >= 11 is 0. The summed E-state index contributed by atoms with van der Waals surface area (Å²) in [5, 5.41) is 10.9. The zero-order valence-electron chi connectivity index (χ0n) is 7.69. The van der Waals surface area contributed by atoms with Crippen LogP contribution in [0.2, 0.25) is 0 Å². The molecule has 0 aromatic carbocycles. The van der Waals surface area contributed by atoms with E-state index in [0.717, 1.165) is 0 Å². The molecule has 1 fully saturated rings. The molecule has 14 heavy (non-hydrogen) atoms. The lowest BCUT2D eigenvalue weighted by atomic mass is 10.1. The second-order valence-electron chi connectivity index (χ2n) is 3.33. The summed E-state index contributed by atoms with van der Waals surface area (Å²) in [5.74, 6) is -0.0635. The Bertz CT molecular complexity index is 341. The highest BCUT2D eigenvalue weighted by molar-refractivity contribution is 7.91. The van der Waals surface area contributed by atoms with Crippen molar-refractivity contribution in [1.82, 2.24) is 5.32 Å².